The molecule has 2 heterocycles. The van der Waals surface area contributed by atoms with Crippen LogP contribution in [0.25, 0.3) is 22.2 Å². The van der Waals surface area contributed by atoms with Gasteiger partial charge in [-0.1, -0.05) is 18.2 Å². The number of para-hydroxylation sites is 1. The van der Waals surface area contributed by atoms with Crippen molar-refractivity contribution in [3.05, 3.63) is 47.5 Å². The van der Waals surface area contributed by atoms with E-state index in [1.807, 2.05) is 33.0 Å². The molecule has 0 N–H and O–H groups in total. The lowest BCUT2D eigenvalue weighted by Crippen LogP contribution is -2.14. The molecule has 0 atom stereocenters. The number of hydrogen-bond donors (Lipinski definition) is 0. The number of hydrogen-bond acceptors (Lipinski definition) is 5. The van der Waals surface area contributed by atoms with Crippen LogP contribution in [0.2, 0.25) is 0 Å². The summed E-state index contributed by atoms with van der Waals surface area (Å²) in [5, 5.41) is 1.01. The molecule has 1 aliphatic rings. The lowest BCUT2D eigenvalue weighted by atomic mass is 10.0. The number of aryl methyl sites for hydroxylation is 1. The lowest BCUT2D eigenvalue weighted by Gasteiger charge is -2.11. The van der Waals surface area contributed by atoms with Gasteiger partial charge in [-0.15, -0.1) is 0 Å². The molecular formula is C21H23N3O3. The number of esters is 1. The Balaban J connectivity index is 1.94. The number of benzene rings is 1. The van der Waals surface area contributed by atoms with Crippen molar-refractivity contribution in [3.8, 4) is 11.3 Å². The summed E-state index contributed by atoms with van der Waals surface area (Å²) in [5.41, 5.74) is 4.09. The maximum absolute atomic E-state index is 12.6. The molecule has 2 aromatic heterocycles. The average Bonchev–Trinajstić information content (AvgIpc) is 3.41. The lowest BCUT2D eigenvalue weighted by molar-refractivity contribution is 0.0378. The van der Waals surface area contributed by atoms with Gasteiger partial charge in [-0.2, -0.15) is 4.73 Å². The predicted octanol–water partition coefficient (Wildman–Crippen LogP) is 3.91. The first-order chi connectivity index (χ1) is 13.0. The van der Waals surface area contributed by atoms with Gasteiger partial charge in [-0.25, -0.2) is 14.8 Å². The fourth-order valence-electron chi connectivity index (χ4n) is 3.43. The Kier molecular flexibility index (Phi) is 4.34. The number of carbonyl (C=O) groups is 1. The maximum Gasteiger partial charge on any atom is 0.342 e. The van der Waals surface area contributed by atoms with Gasteiger partial charge in [0.15, 0.2) is 0 Å². The van der Waals surface area contributed by atoms with Crippen LogP contribution in [0.4, 0.5) is 0 Å². The molecule has 140 valence electrons. The van der Waals surface area contributed by atoms with Gasteiger partial charge in [0.05, 0.1) is 23.5 Å². The summed E-state index contributed by atoms with van der Waals surface area (Å²) >= 11 is 0. The van der Waals surface area contributed by atoms with E-state index in [4.69, 9.17) is 9.57 Å². The molecule has 1 fully saturated rings. The van der Waals surface area contributed by atoms with Crippen LogP contribution in [0.3, 0.4) is 0 Å². The molecule has 0 amide bonds. The molecule has 0 spiro atoms. The minimum Gasteiger partial charge on any atom is -0.459 e. The fraction of sp³-hybridized carbons (Fsp3) is 0.381. The molecule has 6 nitrogen and oxygen atoms in total. The number of ether oxygens (including phenoxy) is 1. The number of fused-ring (bicyclic) bond motifs is 1. The van der Waals surface area contributed by atoms with Crippen molar-refractivity contribution in [1.82, 2.24) is 14.7 Å². The molecule has 1 aromatic carbocycles. The number of carbonyl (C=O) groups excluding carboxylic acids is 1. The van der Waals surface area contributed by atoms with E-state index in [-0.39, 0.29) is 6.10 Å². The minimum atomic E-state index is -0.420. The van der Waals surface area contributed by atoms with Gasteiger partial charge < -0.3 is 9.57 Å². The Labute approximate surface area is 158 Å². The second-order valence-corrected chi connectivity index (χ2v) is 7.20. The third-order valence-electron chi connectivity index (χ3n) is 4.77. The van der Waals surface area contributed by atoms with E-state index in [0.29, 0.717) is 23.0 Å². The van der Waals surface area contributed by atoms with Crippen LogP contribution in [0.15, 0.2) is 30.6 Å². The van der Waals surface area contributed by atoms with Gasteiger partial charge in [0.1, 0.15) is 18.5 Å². The summed E-state index contributed by atoms with van der Waals surface area (Å²) in [6.45, 7) is 5.46. The quantitative estimate of drug-likeness (QED) is 0.642. The molecule has 0 unspecified atom stereocenters. The smallest absolute Gasteiger partial charge is 0.342 e. The van der Waals surface area contributed by atoms with Crippen molar-refractivity contribution >= 4 is 16.9 Å². The van der Waals surface area contributed by atoms with E-state index in [1.54, 1.807) is 18.0 Å². The Morgan fingerprint density at radius 3 is 2.74 bits per heavy atom. The predicted molar refractivity (Wildman–Crippen MR) is 103 cm³/mol. The molecule has 1 aliphatic carbocycles. The third kappa shape index (κ3) is 3.16. The second kappa shape index (κ2) is 6.68. The molecule has 6 heteroatoms. The van der Waals surface area contributed by atoms with Crippen LogP contribution in [-0.2, 0) is 4.74 Å². The maximum atomic E-state index is 12.6. The Bertz CT molecular complexity index is 1020. The Morgan fingerprint density at radius 2 is 2.07 bits per heavy atom. The zero-order valence-electron chi connectivity index (χ0n) is 16.0. The second-order valence-electron chi connectivity index (χ2n) is 7.20. The first kappa shape index (κ1) is 17.5. The van der Waals surface area contributed by atoms with E-state index in [2.05, 4.69) is 22.1 Å². The molecule has 3 aromatic rings. The zero-order valence-corrected chi connectivity index (χ0v) is 16.0. The SMILES string of the molecule is COn1cc(-c2nc(C)ncc2C(=O)OC(C)C)c2cccc(C3CC3)c21. The monoisotopic (exact) mass is 365 g/mol. The highest BCUT2D eigenvalue weighted by Crippen LogP contribution is 2.44. The van der Waals surface area contributed by atoms with Crippen LogP contribution in [0.1, 0.15) is 54.4 Å². The zero-order chi connectivity index (χ0) is 19.1. The van der Waals surface area contributed by atoms with Gasteiger partial charge in [-0.3, -0.25) is 0 Å². The van der Waals surface area contributed by atoms with Crippen molar-refractivity contribution in [2.75, 3.05) is 7.11 Å². The molecule has 0 saturated heterocycles. The van der Waals surface area contributed by atoms with Crippen molar-refractivity contribution < 1.29 is 14.4 Å². The van der Waals surface area contributed by atoms with Crippen LogP contribution in [0.5, 0.6) is 0 Å². The van der Waals surface area contributed by atoms with E-state index in [0.717, 1.165) is 16.5 Å². The highest BCUT2D eigenvalue weighted by molar-refractivity contribution is 6.03. The molecule has 0 aliphatic heterocycles. The van der Waals surface area contributed by atoms with E-state index < -0.39 is 5.97 Å². The largest absolute Gasteiger partial charge is 0.459 e. The Hall–Kier alpha value is -2.89. The highest BCUT2D eigenvalue weighted by atomic mass is 16.6. The first-order valence-corrected chi connectivity index (χ1v) is 9.23. The summed E-state index contributed by atoms with van der Waals surface area (Å²) in [6.07, 6.45) is 5.62. The average molecular weight is 365 g/mol. The molecular weight excluding hydrogens is 342 g/mol. The number of rotatable bonds is 5. The van der Waals surface area contributed by atoms with E-state index in [1.165, 1.54) is 18.4 Å². The van der Waals surface area contributed by atoms with Gasteiger partial charge in [0.25, 0.3) is 0 Å². The minimum absolute atomic E-state index is 0.214. The summed E-state index contributed by atoms with van der Waals surface area (Å²) in [6, 6.07) is 6.25. The molecule has 0 bridgehead atoms. The summed E-state index contributed by atoms with van der Waals surface area (Å²) < 4.78 is 7.17. The standard InChI is InChI=1S/C21H23N3O3/c1-12(2)27-21(25)17-10-22-13(3)23-19(17)18-11-24(26-4)20-15(14-8-9-14)6-5-7-16(18)20/h5-7,10-12,14H,8-9H2,1-4H3. The molecule has 0 radical (unpaired) electrons. The van der Waals surface area contributed by atoms with Crippen LogP contribution in [0, 0.1) is 6.92 Å². The van der Waals surface area contributed by atoms with Crippen molar-refractivity contribution in [2.45, 2.75) is 45.6 Å². The summed E-state index contributed by atoms with van der Waals surface area (Å²) in [4.78, 5) is 27.0. The third-order valence-corrected chi connectivity index (χ3v) is 4.77. The van der Waals surface area contributed by atoms with Crippen molar-refractivity contribution in [2.24, 2.45) is 0 Å². The van der Waals surface area contributed by atoms with Gasteiger partial charge in [0, 0.05) is 17.1 Å². The fourth-order valence-corrected chi connectivity index (χ4v) is 3.43. The first-order valence-electron chi connectivity index (χ1n) is 9.23. The summed E-state index contributed by atoms with van der Waals surface area (Å²) in [5.74, 6) is 0.752. The molecule has 27 heavy (non-hydrogen) atoms. The highest BCUT2D eigenvalue weighted by Gasteiger charge is 2.29. The van der Waals surface area contributed by atoms with Gasteiger partial charge in [-0.05, 0) is 45.1 Å². The van der Waals surface area contributed by atoms with Crippen LogP contribution < -0.4 is 4.84 Å². The number of nitrogens with zero attached hydrogens (tertiary/aromatic N) is 3. The number of aromatic nitrogens is 3. The van der Waals surface area contributed by atoms with E-state index >= 15 is 0 Å². The molecule has 4 rings (SSSR count). The Morgan fingerprint density at radius 1 is 1.30 bits per heavy atom. The van der Waals surface area contributed by atoms with Crippen LogP contribution in [-0.4, -0.2) is 33.9 Å². The topological polar surface area (TPSA) is 66.2 Å². The van der Waals surface area contributed by atoms with Crippen molar-refractivity contribution in [3.63, 3.8) is 0 Å². The summed E-state index contributed by atoms with van der Waals surface area (Å²) in [7, 11) is 1.64. The normalized spacial score (nSPS) is 14.0. The molecule has 1 saturated carbocycles. The van der Waals surface area contributed by atoms with Gasteiger partial charge >= 0.3 is 5.97 Å². The van der Waals surface area contributed by atoms with Crippen LogP contribution >= 0.6 is 0 Å². The van der Waals surface area contributed by atoms with Crippen molar-refractivity contribution in [1.29, 1.82) is 0 Å². The van der Waals surface area contributed by atoms with Gasteiger partial charge in [0.2, 0.25) is 0 Å². The van der Waals surface area contributed by atoms with E-state index in [9.17, 15) is 4.79 Å².